The van der Waals surface area contributed by atoms with Crippen molar-refractivity contribution in [1.82, 2.24) is 0 Å². The number of aryl methyl sites for hydroxylation is 3. The first-order chi connectivity index (χ1) is 12.0. The quantitative estimate of drug-likeness (QED) is 0.251. The molecule has 0 aliphatic carbocycles. The normalized spacial score (nSPS) is 11.6. The number of aliphatic imine (C=N–C) groups is 1. The predicted molar refractivity (Wildman–Crippen MR) is 98.1 cm³/mol. The van der Waals surface area contributed by atoms with Crippen LogP contribution in [0.2, 0.25) is 0 Å². The number of isocyanates is 1. The summed E-state index contributed by atoms with van der Waals surface area (Å²) in [5.41, 5.74) is 3.86. The van der Waals surface area contributed by atoms with Crippen molar-refractivity contribution < 1.29 is 18.7 Å². The minimum absolute atomic E-state index is 0.0398. The van der Waals surface area contributed by atoms with Crippen molar-refractivity contribution in [2.75, 3.05) is 13.2 Å². The molecular formula is C19H20NO4P. The van der Waals surface area contributed by atoms with Crippen molar-refractivity contribution in [3.63, 3.8) is 0 Å². The second-order valence-electron chi connectivity index (χ2n) is 5.76. The third kappa shape index (κ3) is 4.61. The van der Waals surface area contributed by atoms with Crippen LogP contribution in [0.4, 0.5) is 0 Å². The highest BCUT2D eigenvalue weighted by molar-refractivity contribution is 7.48. The first-order valence-electron chi connectivity index (χ1n) is 7.88. The van der Waals surface area contributed by atoms with E-state index in [1.807, 2.05) is 32.9 Å². The Morgan fingerprint density at radius 3 is 2.44 bits per heavy atom. The van der Waals surface area contributed by atoms with Gasteiger partial charge in [-0.1, -0.05) is 35.9 Å². The van der Waals surface area contributed by atoms with E-state index in [1.165, 1.54) is 6.08 Å². The van der Waals surface area contributed by atoms with Crippen LogP contribution in [0.15, 0.2) is 41.4 Å². The highest BCUT2D eigenvalue weighted by atomic mass is 31.1. The molecule has 0 radical (unpaired) electrons. The fourth-order valence-corrected chi connectivity index (χ4v) is 3.92. The number of rotatable bonds is 7. The van der Waals surface area contributed by atoms with Gasteiger partial charge in [-0.3, -0.25) is 9.36 Å². The maximum atomic E-state index is 13.1. The minimum atomic E-state index is -2.62. The summed E-state index contributed by atoms with van der Waals surface area (Å²) in [7, 11) is -2.62. The minimum Gasteiger partial charge on any atom is -0.325 e. The van der Waals surface area contributed by atoms with Crippen LogP contribution in [0.1, 0.15) is 32.6 Å². The SMILES string of the molecule is Cc1cc(C)c(C(=O)c2ccccc2[PH](=O)OCCN=C=O)c(C)c1. The number of hydrogen-bond donors (Lipinski definition) is 0. The Morgan fingerprint density at radius 1 is 1.16 bits per heavy atom. The molecule has 0 bridgehead atoms. The summed E-state index contributed by atoms with van der Waals surface area (Å²) in [5.74, 6) is -0.168. The lowest BCUT2D eigenvalue weighted by Gasteiger charge is -2.13. The molecule has 1 atom stereocenters. The van der Waals surface area contributed by atoms with Crippen LogP contribution < -0.4 is 5.30 Å². The van der Waals surface area contributed by atoms with E-state index in [0.717, 1.165) is 16.7 Å². The summed E-state index contributed by atoms with van der Waals surface area (Å²) >= 11 is 0. The highest BCUT2D eigenvalue weighted by Gasteiger charge is 2.20. The maximum absolute atomic E-state index is 13.1. The van der Waals surface area contributed by atoms with Crippen molar-refractivity contribution >= 4 is 25.2 Å². The van der Waals surface area contributed by atoms with Crippen molar-refractivity contribution in [1.29, 1.82) is 0 Å². The predicted octanol–water partition coefficient (Wildman–Crippen LogP) is 3.30. The van der Waals surface area contributed by atoms with Crippen LogP contribution in [0, 0.1) is 20.8 Å². The molecule has 0 amide bonds. The second kappa shape index (κ2) is 8.68. The number of nitrogens with zero attached hydrogens (tertiary/aromatic N) is 1. The molecule has 0 fully saturated rings. The number of carbonyl (C=O) groups is 1. The molecule has 0 N–H and O–H groups in total. The lowest BCUT2D eigenvalue weighted by molar-refractivity contribution is 0.103. The van der Waals surface area contributed by atoms with Gasteiger partial charge in [0.05, 0.1) is 13.2 Å². The number of ketones is 1. The van der Waals surface area contributed by atoms with Gasteiger partial charge in [0.15, 0.2) is 5.78 Å². The monoisotopic (exact) mass is 357 g/mol. The molecule has 2 aromatic rings. The molecule has 1 unspecified atom stereocenters. The Hall–Kier alpha value is -2.32. The molecular weight excluding hydrogens is 337 g/mol. The van der Waals surface area contributed by atoms with Gasteiger partial charge in [-0.15, -0.1) is 0 Å². The zero-order valence-corrected chi connectivity index (χ0v) is 15.5. The second-order valence-corrected chi connectivity index (χ2v) is 7.16. The molecule has 2 aromatic carbocycles. The number of hydrogen-bond acceptors (Lipinski definition) is 5. The molecule has 0 saturated carbocycles. The Balaban J connectivity index is 2.36. The smallest absolute Gasteiger partial charge is 0.235 e. The molecule has 6 heteroatoms. The van der Waals surface area contributed by atoms with Gasteiger partial charge < -0.3 is 4.52 Å². The van der Waals surface area contributed by atoms with Gasteiger partial charge in [-0.05, 0) is 38.0 Å². The molecule has 0 aromatic heterocycles. The molecule has 0 saturated heterocycles. The van der Waals surface area contributed by atoms with Crippen molar-refractivity contribution in [2.45, 2.75) is 20.8 Å². The van der Waals surface area contributed by atoms with E-state index < -0.39 is 8.03 Å². The molecule has 0 heterocycles. The first kappa shape index (κ1) is 19.0. The lowest BCUT2D eigenvalue weighted by Crippen LogP contribution is -2.16. The van der Waals surface area contributed by atoms with Crippen LogP contribution in [-0.4, -0.2) is 25.0 Å². The largest absolute Gasteiger partial charge is 0.325 e. The highest BCUT2D eigenvalue weighted by Crippen LogP contribution is 2.26. The Bertz CT molecular complexity index is 846. The van der Waals surface area contributed by atoms with Crippen LogP contribution in [0.25, 0.3) is 0 Å². The fraction of sp³-hybridized carbons (Fsp3) is 0.263. The average Bonchev–Trinajstić information content (AvgIpc) is 2.57. The Kier molecular flexibility index (Phi) is 6.60. The van der Waals surface area contributed by atoms with E-state index in [-0.39, 0.29) is 18.9 Å². The van der Waals surface area contributed by atoms with E-state index in [1.54, 1.807) is 24.3 Å². The van der Waals surface area contributed by atoms with Gasteiger partial charge in [0.2, 0.25) is 14.1 Å². The summed E-state index contributed by atoms with van der Waals surface area (Å²) in [4.78, 5) is 26.5. The summed E-state index contributed by atoms with van der Waals surface area (Å²) in [6.07, 6.45) is 1.40. The van der Waals surface area contributed by atoms with Crippen LogP contribution in [0.5, 0.6) is 0 Å². The van der Waals surface area contributed by atoms with Crippen LogP contribution in [-0.2, 0) is 13.9 Å². The molecule has 2 rings (SSSR count). The molecule has 5 nitrogen and oxygen atoms in total. The summed E-state index contributed by atoms with van der Waals surface area (Å²) in [6, 6.07) is 10.7. The van der Waals surface area contributed by atoms with E-state index >= 15 is 0 Å². The molecule has 25 heavy (non-hydrogen) atoms. The molecule has 0 aliphatic rings. The lowest BCUT2D eigenvalue weighted by atomic mass is 9.93. The molecule has 0 aliphatic heterocycles. The van der Waals surface area contributed by atoms with E-state index in [9.17, 15) is 14.2 Å². The number of benzene rings is 2. The molecule has 0 spiro atoms. The van der Waals surface area contributed by atoms with Gasteiger partial charge in [0.1, 0.15) is 0 Å². The van der Waals surface area contributed by atoms with E-state index in [0.29, 0.717) is 16.4 Å². The zero-order chi connectivity index (χ0) is 18.4. The van der Waals surface area contributed by atoms with Crippen LogP contribution in [0.3, 0.4) is 0 Å². The third-order valence-corrected chi connectivity index (χ3v) is 5.14. The van der Waals surface area contributed by atoms with Crippen LogP contribution >= 0.6 is 8.03 Å². The fourth-order valence-electron chi connectivity index (χ4n) is 2.84. The van der Waals surface area contributed by atoms with Gasteiger partial charge in [-0.2, -0.15) is 0 Å². The zero-order valence-electron chi connectivity index (χ0n) is 14.5. The standard InChI is InChI=1S/C19H20NO4P/c1-13-10-14(2)18(15(3)11-13)19(22)16-6-4-5-7-17(16)25(23)24-9-8-20-12-21/h4-7,10-11,25H,8-9H2,1-3H3. The summed E-state index contributed by atoms with van der Waals surface area (Å²) < 4.78 is 17.7. The van der Waals surface area contributed by atoms with Crippen molar-refractivity contribution in [3.8, 4) is 0 Å². The summed E-state index contributed by atoms with van der Waals surface area (Å²) in [5, 5.41) is 0.381. The van der Waals surface area contributed by atoms with Gasteiger partial charge in [-0.25, -0.2) is 9.79 Å². The van der Waals surface area contributed by atoms with E-state index in [4.69, 9.17) is 4.52 Å². The van der Waals surface area contributed by atoms with E-state index in [2.05, 4.69) is 4.99 Å². The average molecular weight is 357 g/mol. The Morgan fingerprint density at radius 2 is 1.80 bits per heavy atom. The molecule has 130 valence electrons. The third-order valence-electron chi connectivity index (χ3n) is 3.80. The van der Waals surface area contributed by atoms with Crippen molar-refractivity contribution in [2.24, 2.45) is 4.99 Å². The van der Waals surface area contributed by atoms with Gasteiger partial charge in [0, 0.05) is 16.4 Å². The van der Waals surface area contributed by atoms with Gasteiger partial charge >= 0.3 is 0 Å². The number of carbonyl (C=O) groups excluding carboxylic acids is 2. The summed E-state index contributed by atoms with van der Waals surface area (Å²) in [6.45, 7) is 5.90. The topological polar surface area (TPSA) is 72.8 Å². The Labute approximate surface area is 147 Å². The first-order valence-corrected chi connectivity index (χ1v) is 9.19. The van der Waals surface area contributed by atoms with Gasteiger partial charge in [0.25, 0.3) is 0 Å². The maximum Gasteiger partial charge on any atom is 0.235 e. The van der Waals surface area contributed by atoms with Crippen molar-refractivity contribution in [3.05, 3.63) is 64.2 Å².